The number of hydrogen-bond donors (Lipinski definition) is 2. The SMILES string of the molecule is NC(=O)c1cc([C@@H]2CCCN(C(=O)CC[C@@H]3CCCO3)C2)[nH]n1. The monoisotopic (exact) mass is 320 g/mol. The zero-order valence-electron chi connectivity index (χ0n) is 13.3. The molecule has 0 saturated carbocycles. The zero-order valence-corrected chi connectivity index (χ0v) is 13.3. The van der Waals surface area contributed by atoms with Crippen molar-refractivity contribution in [1.29, 1.82) is 0 Å². The lowest BCUT2D eigenvalue weighted by Gasteiger charge is -2.32. The summed E-state index contributed by atoms with van der Waals surface area (Å²) in [4.78, 5) is 25.5. The standard InChI is InChI=1S/C16H24N4O3/c17-16(22)14-9-13(18-19-14)11-3-1-7-20(10-11)15(21)6-5-12-4-2-8-23-12/h9,11-12H,1-8,10H2,(H2,17,22)(H,18,19)/t11-,12+/m1/s1. The predicted molar refractivity (Wildman–Crippen MR) is 83.9 cm³/mol. The Morgan fingerprint density at radius 2 is 2.26 bits per heavy atom. The van der Waals surface area contributed by atoms with Crippen LogP contribution in [0.3, 0.4) is 0 Å². The van der Waals surface area contributed by atoms with Gasteiger partial charge in [-0.3, -0.25) is 14.7 Å². The number of piperidine rings is 1. The van der Waals surface area contributed by atoms with Crippen molar-refractivity contribution in [2.45, 2.75) is 50.5 Å². The van der Waals surface area contributed by atoms with Gasteiger partial charge in [0.05, 0.1) is 6.10 Å². The molecule has 3 N–H and O–H groups in total. The molecule has 2 atom stereocenters. The highest BCUT2D eigenvalue weighted by atomic mass is 16.5. The summed E-state index contributed by atoms with van der Waals surface area (Å²) in [5.41, 5.74) is 6.37. The van der Waals surface area contributed by atoms with Gasteiger partial charge in [0.1, 0.15) is 5.69 Å². The molecule has 7 nitrogen and oxygen atoms in total. The number of rotatable bonds is 5. The maximum Gasteiger partial charge on any atom is 0.269 e. The summed E-state index contributed by atoms with van der Waals surface area (Å²) in [7, 11) is 0. The van der Waals surface area contributed by atoms with E-state index in [1.54, 1.807) is 6.07 Å². The van der Waals surface area contributed by atoms with E-state index in [1.807, 2.05) is 4.90 Å². The smallest absolute Gasteiger partial charge is 0.269 e. The number of nitrogens with zero attached hydrogens (tertiary/aromatic N) is 2. The fourth-order valence-electron chi connectivity index (χ4n) is 3.44. The topological polar surface area (TPSA) is 101 Å². The second kappa shape index (κ2) is 7.12. The van der Waals surface area contributed by atoms with Crippen molar-refractivity contribution in [3.05, 3.63) is 17.5 Å². The molecular weight excluding hydrogens is 296 g/mol. The molecule has 3 heterocycles. The molecule has 23 heavy (non-hydrogen) atoms. The highest BCUT2D eigenvalue weighted by Crippen LogP contribution is 2.27. The molecule has 2 aliphatic rings. The number of aromatic amines is 1. The molecule has 1 aromatic rings. The van der Waals surface area contributed by atoms with E-state index < -0.39 is 5.91 Å². The van der Waals surface area contributed by atoms with Gasteiger partial charge in [0.15, 0.2) is 0 Å². The van der Waals surface area contributed by atoms with E-state index in [9.17, 15) is 9.59 Å². The third kappa shape index (κ3) is 3.90. The summed E-state index contributed by atoms with van der Waals surface area (Å²) in [5, 5.41) is 6.81. The molecule has 2 saturated heterocycles. The molecule has 0 aromatic carbocycles. The van der Waals surface area contributed by atoms with E-state index in [2.05, 4.69) is 10.2 Å². The van der Waals surface area contributed by atoms with Gasteiger partial charge < -0.3 is 15.4 Å². The first-order chi connectivity index (χ1) is 11.1. The van der Waals surface area contributed by atoms with E-state index in [1.165, 1.54) is 0 Å². The number of nitrogens with two attached hydrogens (primary N) is 1. The Morgan fingerprint density at radius 3 is 2.96 bits per heavy atom. The van der Waals surface area contributed by atoms with E-state index in [-0.39, 0.29) is 23.6 Å². The number of hydrogen-bond acceptors (Lipinski definition) is 4. The molecule has 2 amide bonds. The minimum Gasteiger partial charge on any atom is -0.378 e. The summed E-state index contributed by atoms with van der Waals surface area (Å²) in [5.74, 6) is -0.149. The van der Waals surface area contributed by atoms with Gasteiger partial charge >= 0.3 is 0 Å². The number of carbonyl (C=O) groups excluding carboxylic acids is 2. The molecule has 0 bridgehead atoms. The lowest BCUT2D eigenvalue weighted by molar-refractivity contribution is -0.133. The molecule has 126 valence electrons. The van der Waals surface area contributed by atoms with Gasteiger partial charge in [0.25, 0.3) is 5.91 Å². The van der Waals surface area contributed by atoms with Gasteiger partial charge in [-0.15, -0.1) is 0 Å². The molecule has 0 radical (unpaired) electrons. The molecule has 1 aromatic heterocycles. The van der Waals surface area contributed by atoms with E-state index in [0.29, 0.717) is 13.0 Å². The van der Waals surface area contributed by atoms with Crippen molar-refractivity contribution in [3.63, 3.8) is 0 Å². The van der Waals surface area contributed by atoms with Crippen molar-refractivity contribution >= 4 is 11.8 Å². The maximum absolute atomic E-state index is 12.4. The number of H-pyrrole nitrogens is 1. The molecular formula is C16H24N4O3. The van der Waals surface area contributed by atoms with Crippen LogP contribution in [0.15, 0.2) is 6.07 Å². The number of nitrogens with one attached hydrogen (secondary N) is 1. The van der Waals surface area contributed by atoms with Crippen LogP contribution in [0.1, 0.15) is 60.6 Å². The molecule has 0 aliphatic carbocycles. The van der Waals surface area contributed by atoms with Crippen LogP contribution < -0.4 is 5.73 Å². The molecule has 2 aliphatic heterocycles. The normalized spacial score (nSPS) is 24.8. The van der Waals surface area contributed by atoms with Crippen LogP contribution in [0.5, 0.6) is 0 Å². The lowest BCUT2D eigenvalue weighted by atomic mass is 9.94. The summed E-state index contributed by atoms with van der Waals surface area (Å²) >= 11 is 0. The van der Waals surface area contributed by atoms with Crippen molar-refractivity contribution in [2.24, 2.45) is 5.73 Å². The molecule has 7 heteroatoms. The predicted octanol–water partition coefficient (Wildman–Crippen LogP) is 1.17. The van der Waals surface area contributed by atoms with Crippen molar-refractivity contribution < 1.29 is 14.3 Å². The van der Waals surface area contributed by atoms with Crippen LogP contribution in [-0.4, -0.2) is 52.7 Å². The van der Waals surface area contributed by atoms with Crippen LogP contribution in [0.4, 0.5) is 0 Å². The van der Waals surface area contributed by atoms with E-state index in [0.717, 1.165) is 50.9 Å². The lowest BCUT2D eigenvalue weighted by Crippen LogP contribution is -2.39. The minimum atomic E-state index is -0.534. The van der Waals surface area contributed by atoms with Gasteiger partial charge in [-0.2, -0.15) is 5.10 Å². The number of amides is 2. The quantitative estimate of drug-likeness (QED) is 0.850. The van der Waals surface area contributed by atoms with E-state index in [4.69, 9.17) is 10.5 Å². The van der Waals surface area contributed by atoms with Crippen LogP contribution in [-0.2, 0) is 9.53 Å². The number of likely N-dealkylation sites (tertiary alicyclic amines) is 1. The summed E-state index contributed by atoms with van der Waals surface area (Å²) in [6, 6.07) is 1.70. The first kappa shape index (κ1) is 16.0. The van der Waals surface area contributed by atoms with Crippen LogP contribution >= 0.6 is 0 Å². The number of ether oxygens (including phenoxy) is 1. The number of carbonyl (C=O) groups is 2. The Kier molecular flexibility index (Phi) is 4.95. The fraction of sp³-hybridized carbons (Fsp3) is 0.688. The average molecular weight is 320 g/mol. The molecule has 3 rings (SSSR count). The fourth-order valence-corrected chi connectivity index (χ4v) is 3.44. The van der Waals surface area contributed by atoms with Gasteiger partial charge in [-0.25, -0.2) is 0 Å². The second-order valence-electron chi connectivity index (χ2n) is 6.43. The zero-order chi connectivity index (χ0) is 16.2. The third-order valence-electron chi connectivity index (χ3n) is 4.77. The van der Waals surface area contributed by atoms with Crippen molar-refractivity contribution in [3.8, 4) is 0 Å². The summed E-state index contributed by atoms with van der Waals surface area (Å²) in [6.07, 6.45) is 5.73. The molecule has 2 fully saturated rings. The summed E-state index contributed by atoms with van der Waals surface area (Å²) < 4.78 is 5.58. The first-order valence-corrected chi connectivity index (χ1v) is 8.38. The Labute approximate surface area is 135 Å². The van der Waals surface area contributed by atoms with Crippen molar-refractivity contribution in [1.82, 2.24) is 15.1 Å². The van der Waals surface area contributed by atoms with Crippen LogP contribution in [0.2, 0.25) is 0 Å². The Morgan fingerprint density at radius 1 is 1.39 bits per heavy atom. The second-order valence-corrected chi connectivity index (χ2v) is 6.43. The Bertz CT molecular complexity index is 565. The highest BCUT2D eigenvalue weighted by molar-refractivity contribution is 5.90. The van der Waals surface area contributed by atoms with Crippen LogP contribution in [0.25, 0.3) is 0 Å². The third-order valence-corrected chi connectivity index (χ3v) is 4.77. The van der Waals surface area contributed by atoms with Crippen LogP contribution in [0, 0.1) is 0 Å². The van der Waals surface area contributed by atoms with E-state index >= 15 is 0 Å². The van der Waals surface area contributed by atoms with Gasteiger partial charge in [0.2, 0.25) is 5.91 Å². The Balaban J connectivity index is 1.54. The summed E-state index contributed by atoms with van der Waals surface area (Å²) in [6.45, 7) is 2.30. The maximum atomic E-state index is 12.4. The molecule has 0 unspecified atom stereocenters. The molecule has 0 spiro atoms. The largest absolute Gasteiger partial charge is 0.378 e. The Hall–Kier alpha value is -1.89. The number of primary amides is 1. The van der Waals surface area contributed by atoms with Gasteiger partial charge in [0, 0.05) is 37.7 Å². The van der Waals surface area contributed by atoms with Gasteiger partial charge in [-0.1, -0.05) is 0 Å². The van der Waals surface area contributed by atoms with Crippen molar-refractivity contribution in [2.75, 3.05) is 19.7 Å². The van der Waals surface area contributed by atoms with Gasteiger partial charge in [-0.05, 0) is 38.2 Å². The average Bonchev–Trinajstić information content (AvgIpc) is 3.24. The highest BCUT2D eigenvalue weighted by Gasteiger charge is 2.27. The number of aromatic nitrogens is 2. The first-order valence-electron chi connectivity index (χ1n) is 8.38. The minimum absolute atomic E-state index is 0.191.